The number of nitrogens with two attached hydrogens (primary N) is 1. The molecule has 3 N–H and O–H groups in total. The van der Waals surface area contributed by atoms with Gasteiger partial charge in [0.1, 0.15) is 5.58 Å². The molecular weight excluding hydrogens is 447 g/mol. The summed E-state index contributed by atoms with van der Waals surface area (Å²) in [7, 11) is 0. The molecule has 0 radical (unpaired) electrons. The number of rotatable bonds is 3. The topological polar surface area (TPSA) is 68.3 Å². The number of anilines is 2. The molecule has 124 valence electrons. The Labute approximate surface area is 161 Å². The summed E-state index contributed by atoms with van der Waals surface area (Å²) in [6, 6.07) is 17.2. The van der Waals surface area contributed by atoms with Gasteiger partial charge in [0.05, 0.1) is 11.4 Å². The standard InChI is InChI=1S/C19H13IN2O2S/c20-13-4-6-16-12(8-13)10-17(24-16)19(23)22-15-9-11(3-5-14(15)21)18-2-1-7-25-18/h1-10H,21H2,(H,22,23). The van der Waals surface area contributed by atoms with Crippen molar-refractivity contribution in [2.75, 3.05) is 11.1 Å². The summed E-state index contributed by atoms with van der Waals surface area (Å²) in [5.41, 5.74) is 8.81. The quantitative estimate of drug-likeness (QED) is 0.309. The fourth-order valence-corrected chi connectivity index (χ4v) is 3.81. The van der Waals surface area contributed by atoms with E-state index in [0.29, 0.717) is 17.0 Å². The lowest BCUT2D eigenvalue weighted by molar-refractivity contribution is 0.0999. The SMILES string of the molecule is Nc1ccc(-c2cccs2)cc1NC(=O)c1cc2cc(I)ccc2o1. The van der Waals surface area contributed by atoms with Crippen LogP contribution in [0.25, 0.3) is 21.4 Å². The number of benzene rings is 2. The van der Waals surface area contributed by atoms with Crippen molar-refractivity contribution in [2.45, 2.75) is 0 Å². The molecule has 2 aromatic carbocycles. The van der Waals surface area contributed by atoms with E-state index in [-0.39, 0.29) is 11.7 Å². The van der Waals surface area contributed by atoms with E-state index in [0.717, 1.165) is 19.4 Å². The van der Waals surface area contributed by atoms with Gasteiger partial charge in [0.25, 0.3) is 5.91 Å². The molecule has 0 unspecified atom stereocenters. The Kier molecular flexibility index (Phi) is 4.22. The molecule has 0 saturated heterocycles. The van der Waals surface area contributed by atoms with Crippen LogP contribution >= 0.6 is 33.9 Å². The van der Waals surface area contributed by atoms with Gasteiger partial charge in [-0.2, -0.15) is 0 Å². The number of nitrogen functional groups attached to an aromatic ring is 1. The average Bonchev–Trinajstić information content (AvgIpc) is 3.25. The maximum atomic E-state index is 12.6. The second-order valence-corrected chi connectivity index (χ2v) is 7.72. The van der Waals surface area contributed by atoms with Crippen molar-refractivity contribution in [1.82, 2.24) is 0 Å². The number of furan rings is 1. The minimum absolute atomic E-state index is 0.262. The second kappa shape index (κ2) is 6.53. The molecule has 4 rings (SSSR count). The first-order valence-corrected chi connectivity index (χ1v) is 9.50. The molecule has 0 saturated carbocycles. The minimum Gasteiger partial charge on any atom is -0.451 e. The minimum atomic E-state index is -0.318. The van der Waals surface area contributed by atoms with E-state index in [2.05, 4.69) is 27.9 Å². The molecule has 0 aliphatic rings. The number of nitrogens with one attached hydrogen (secondary N) is 1. The zero-order valence-corrected chi connectivity index (χ0v) is 15.9. The van der Waals surface area contributed by atoms with E-state index in [1.807, 2.05) is 47.8 Å². The number of halogens is 1. The molecule has 0 bridgehead atoms. The largest absolute Gasteiger partial charge is 0.451 e. The number of carbonyl (C=O) groups is 1. The van der Waals surface area contributed by atoms with Gasteiger partial charge in [-0.15, -0.1) is 11.3 Å². The van der Waals surface area contributed by atoms with Gasteiger partial charge in [0.2, 0.25) is 0 Å². The van der Waals surface area contributed by atoms with Crippen LogP contribution in [0, 0.1) is 3.57 Å². The number of hydrogen-bond acceptors (Lipinski definition) is 4. The van der Waals surface area contributed by atoms with Gasteiger partial charge >= 0.3 is 0 Å². The van der Waals surface area contributed by atoms with Gasteiger partial charge in [-0.3, -0.25) is 4.79 Å². The normalized spacial score (nSPS) is 10.9. The lowest BCUT2D eigenvalue weighted by Crippen LogP contribution is -2.12. The molecule has 0 fully saturated rings. The van der Waals surface area contributed by atoms with Crippen LogP contribution in [-0.4, -0.2) is 5.91 Å². The molecule has 4 nitrogen and oxygen atoms in total. The first-order chi connectivity index (χ1) is 12.1. The summed E-state index contributed by atoms with van der Waals surface area (Å²) in [5.74, 6) is -0.0563. The molecule has 0 aliphatic heterocycles. The Balaban J connectivity index is 1.64. The summed E-state index contributed by atoms with van der Waals surface area (Å²) in [6.07, 6.45) is 0. The zero-order chi connectivity index (χ0) is 17.4. The maximum Gasteiger partial charge on any atom is 0.291 e. The summed E-state index contributed by atoms with van der Waals surface area (Å²) in [5, 5.41) is 5.76. The highest BCUT2D eigenvalue weighted by Crippen LogP contribution is 2.31. The van der Waals surface area contributed by atoms with Crippen LogP contribution in [0.2, 0.25) is 0 Å². The summed E-state index contributed by atoms with van der Waals surface area (Å²) >= 11 is 3.87. The number of hydrogen-bond donors (Lipinski definition) is 2. The van der Waals surface area contributed by atoms with Crippen LogP contribution in [-0.2, 0) is 0 Å². The lowest BCUT2D eigenvalue weighted by Gasteiger charge is -2.08. The van der Waals surface area contributed by atoms with E-state index in [9.17, 15) is 4.79 Å². The highest BCUT2D eigenvalue weighted by molar-refractivity contribution is 14.1. The van der Waals surface area contributed by atoms with Gasteiger partial charge in [-0.1, -0.05) is 12.1 Å². The highest BCUT2D eigenvalue weighted by atomic mass is 127. The number of amides is 1. The first-order valence-electron chi connectivity index (χ1n) is 7.54. The number of fused-ring (bicyclic) bond motifs is 1. The van der Waals surface area contributed by atoms with Gasteiger partial charge < -0.3 is 15.5 Å². The van der Waals surface area contributed by atoms with Crippen molar-refractivity contribution in [2.24, 2.45) is 0 Å². The third kappa shape index (κ3) is 3.27. The lowest BCUT2D eigenvalue weighted by atomic mass is 10.1. The Hall–Kier alpha value is -2.32. The molecule has 2 aromatic heterocycles. The monoisotopic (exact) mass is 460 g/mol. The number of carbonyl (C=O) groups excluding carboxylic acids is 1. The van der Waals surface area contributed by atoms with Crippen LogP contribution < -0.4 is 11.1 Å². The van der Waals surface area contributed by atoms with E-state index in [1.165, 1.54) is 0 Å². The molecule has 25 heavy (non-hydrogen) atoms. The van der Waals surface area contributed by atoms with Crippen molar-refractivity contribution >= 4 is 62.2 Å². The zero-order valence-electron chi connectivity index (χ0n) is 13.0. The van der Waals surface area contributed by atoms with Gasteiger partial charge in [0.15, 0.2) is 5.76 Å². The fraction of sp³-hybridized carbons (Fsp3) is 0. The van der Waals surface area contributed by atoms with Gasteiger partial charge in [-0.25, -0.2) is 0 Å². The average molecular weight is 460 g/mol. The van der Waals surface area contributed by atoms with Gasteiger partial charge in [0, 0.05) is 13.8 Å². The Morgan fingerprint density at radius 3 is 2.80 bits per heavy atom. The second-order valence-electron chi connectivity index (χ2n) is 5.53. The molecule has 0 spiro atoms. The van der Waals surface area contributed by atoms with Crippen molar-refractivity contribution in [1.29, 1.82) is 0 Å². The molecule has 4 aromatic rings. The Bertz CT molecular complexity index is 1070. The van der Waals surface area contributed by atoms with Crippen molar-refractivity contribution in [3.63, 3.8) is 0 Å². The van der Waals surface area contributed by atoms with E-state index in [4.69, 9.17) is 10.2 Å². The smallest absolute Gasteiger partial charge is 0.291 e. The number of thiophene rings is 1. The summed E-state index contributed by atoms with van der Waals surface area (Å²) < 4.78 is 6.73. The summed E-state index contributed by atoms with van der Waals surface area (Å²) in [6.45, 7) is 0. The molecule has 1 amide bonds. The van der Waals surface area contributed by atoms with Crippen molar-refractivity contribution in [3.8, 4) is 10.4 Å². The predicted octanol–water partition coefficient (Wildman–Crippen LogP) is 5.60. The van der Waals surface area contributed by atoms with E-state index < -0.39 is 0 Å². The summed E-state index contributed by atoms with van der Waals surface area (Å²) in [4.78, 5) is 13.7. The van der Waals surface area contributed by atoms with Crippen LogP contribution in [0.15, 0.2) is 64.4 Å². The molecule has 0 atom stereocenters. The van der Waals surface area contributed by atoms with E-state index in [1.54, 1.807) is 23.5 Å². The highest BCUT2D eigenvalue weighted by Gasteiger charge is 2.14. The first kappa shape index (κ1) is 16.2. The molecule has 0 aliphatic carbocycles. The van der Waals surface area contributed by atoms with Crippen LogP contribution in [0.1, 0.15) is 10.6 Å². The van der Waals surface area contributed by atoms with Crippen molar-refractivity contribution in [3.05, 3.63) is 69.3 Å². The molecular formula is C19H13IN2O2S. The predicted molar refractivity (Wildman–Crippen MR) is 111 cm³/mol. The third-order valence-corrected chi connectivity index (χ3v) is 5.40. The maximum absolute atomic E-state index is 12.6. The van der Waals surface area contributed by atoms with Crippen LogP contribution in [0.3, 0.4) is 0 Å². The van der Waals surface area contributed by atoms with E-state index >= 15 is 0 Å². The van der Waals surface area contributed by atoms with Crippen LogP contribution in [0.4, 0.5) is 11.4 Å². The molecule has 2 heterocycles. The van der Waals surface area contributed by atoms with Crippen LogP contribution in [0.5, 0.6) is 0 Å². The third-order valence-electron chi connectivity index (χ3n) is 3.81. The Morgan fingerprint density at radius 1 is 1.12 bits per heavy atom. The Morgan fingerprint density at radius 2 is 2.00 bits per heavy atom. The van der Waals surface area contributed by atoms with Gasteiger partial charge in [-0.05, 0) is 76.0 Å². The molecule has 6 heteroatoms. The fourth-order valence-electron chi connectivity index (χ4n) is 2.57. The van der Waals surface area contributed by atoms with Crippen molar-refractivity contribution < 1.29 is 9.21 Å².